The molecule has 1 fully saturated rings. The van der Waals surface area contributed by atoms with Gasteiger partial charge in [-0.2, -0.15) is 0 Å². The van der Waals surface area contributed by atoms with Crippen molar-refractivity contribution < 1.29 is 0 Å². The number of anilines is 1. The molecule has 0 saturated carbocycles. The topological polar surface area (TPSA) is 36.7 Å². The average molecular weight is 378 g/mol. The number of piperazine rings is 1. The molecule has 1 aromatic carbocycles. The first-order valence-corrected chi connectivity index (χ1v) is 9.59. The Hall–Kier alpha value is -2.63. The summed E-state index contributed by atoms with van der Waals surface area (Å²) in [6.45, 7) is 4.73. The van der Waals surface area contributed by atoms with E-state index < -0.39 is 0 Å². The standard InChI is InChI=1S/C21H20ClN5/c22-21-18-6-2-1-5-16(18)13-20(24-21)26-11-9-25(10-12-26)14-17-15-27-8-4-3-7-19(27)23-17/h1-8,13,15H,9-12,14H2. The van der Waals surface area contributed by atoms with Crippen LogP contribution in [0.25, 0.3) is 16.4 Å². The van der Waals surface area contributed by atoms with Crippen molar-refractivity contribution in [3.8, 4) is 0 Å². The van der Waals surface area contributed by atoms with E-state index in [9.17, 15) is 0 Å². The number of imidazole rings is 1. The molecule has 6 heteroatoms. The molecule has 0 atom stereocenters. The molecule has 0 aliphatic carbocycles. The predicted octanol–water partition coefficient (Wildman–Crippen LogP) is 3.86. The zero-order valence-corrected chi connectivity index (χ0v) is 15.7. The number of fused-ring (bicyclic) bond motifs is 2. The fraction of sp³-hybridized carbons (Fsp3) is 0.238. The SMILES string of the molecule is Clc1nc(N2CCN(Cc3cn4ccccc4n3)CC2)cc2ccccc12. The van der Waals surface area contributed by atoms with Gasteiger partial charge in [0, 0.05) is 50.5 Å². The molecule has 27 heavy (non-hydrogen) atoms. The Bertz CT molecular complexity index is 1070. The Balaban J connectivity index is 1.28. The van der Waals surface area contributed by atoms with Crippen LogP contribution in [-0.4, -0.2) is 45.4 Å². The number of nitrogens with zero attached hydrogens (tertiary/aromatic N) is 5. The van der Waals surface area contributed by atoms with Crippen molar-refractivity contribution in [1.29, 1.82) is 0 Å². The Morgan fingerprint density at radius 1 is 0.926 bits per heavy atom. The van der Waals surface area contributed by atoms with Gasteiger partial charge in [0.25, 0.3) is 0 Å². The predicted molar refractivity (Wildman–Crippen MR) is 109 cm³/mol. The Labute approximate surface area is 162 Å². The van der Waals surface area contributed by atoms with Crippen molar-refractivity contribution >= 4 is 33.8 Å². The molecule has 136 valence electrons. The molecule has 1 saturated heterocycles. The number of halogens is 1. The molecule has 1 aliphatic rings. The van der Waals surface area contributed by atoms with Gasteiger partial charge in [-0.3, -0.25) is 4.90 Å². The molecule has 0 N–H and O–H groups in total. The lowest BCUT2D eigenvalue weighted by Gasteiger charge is -2.35. The van der Waals surface area contributed by atoms with Gasteiger partial charge in [0.15, 0.2) is 0 Å². The number of benzene rings is 1. The molecule has 0 amide bonds. The molecule has 5 rings (SSSR count). The van der Waals surface area contributed by atoms with Gasteiger partial charge in [-0.25, -0.2) is 9.97 Å². The van der Waals surface area contributed by atoms with Crippen molar-refractivity contribution in [2.75, 3.05) is 31.1 Å². The Morgan fingerprint density at radius 2 is 1.74 bits per heavy atom. The molecule has 0 unspecified atom stereocenters. The first kappa shape index (κ1) is 16.5. The van der Waals surface area contributed by atoms with Crippen molar-refractivity contribution in [1.82, 2.24) is 19.3 Å². The highest BCUT2D eigenvalue weighted by atomic mass is 35.5. The van der Waals surface area contributed by atoms with Crippen LogP contribution in [0.5, 0.6) is 0 Å². The van der Waals surface area contributed by atoms with Crippen molar-refractivity contribution in [2.24, 2.45) is 0 Å². The van der Waals surface area contributed by atoms with E-state index in [0.717, 1.165) is 60.7 Å². The maximum absolute atomic E-state index is 6.40. The second kappa shape index (κ2) is 6.83. The monoisotopic (exact) mass is 377 g/mol. The quantitative estimate of drug-likeness (QED) is 0.508. The molecule has 0 bridgehead atoms. The fourth-order valence-electron chi connectivity index (χ4n) is 3.73. The lowest BCUT2D eigenvalue weighted by Crippen LogP contribution is -2.46. The summed E-state index contributed by atoms with van der Waals surface area (Å²) in [5.74, 6) is 0.964. The fourth-order valence-corrected chi connectivity index (χ4v) is 3.99. The van der Waals surface area contributed by atoms with Crippen LogP contribution in [0.2, 0.25) is 5.15 Å². The van der Waals surface area contributed by atoms with Crippen molar-refractivity contribution in [3.05, 3.63) is 71.8 Å². The van der Waals surface area contributed by atoms with Crippen LogP contribution >= 0.6 is 11.6 Å². The summed E-state index contributed by atoms with van der Waals surface area (Å²) in [5, 5.41) is 2.73. The van der Waals surface area contributed by atoms with Crippen LogP contribution in [0.4, 0.5) is 5.82 Å². The lowest BCUT2D eigenvalue weighted by molar-refractivity contribution is 0.247. The molecule has 0 spiro atoms. The number of hydrogen-bond acceptors (Lipinski definition) is 4. The zero-order valence-electron chi connectivity index (χ0n) is 14.9. The summed E-state index contributed by atoms with van der Waals surface area (Å²) < 4.78 is 2.08. The maximum Gasteiger partial charge on any atom is 0.139 e. The van der Waals surface area contributed by atoms with Gasteiger partial charge in [0.1, 0.15) is 16.6 Å². The lowest BCUT2D eigenvalue weighted by atomic mass is 10.1. The average Bonchev–Trinajstić information content (AvgIpc) is 3.11. The van der Waals surface area contributed by atoms with Crippen LogP contribution in [0.1, 0.15) is 5.69 Å². The van der Waals surface area contributed by atoms with E-state index in [-0.39, 0.29) is 0 Å². The normalized spacial score (nSPS) is 15.7. The smallest absolute Gasteiger partial charge is 0.139 e. The van der Waals surface area contributed by atoms with Gasteiger partial charge in [-0.1, -0.05) is 41.9 Å². The van der Waals surface area contributed by atoms with Crippen LogP contribution in [-0.2, 0) is 6.54 Å². The second-order valence-corrected chi connectivity index (χ2v) is 7.31. The highest BCUT2D eigenvalue weighted by Gasteiger charge is 2.20. The summed E-state index contributed by atoms with van der Waals surface area (Å²) in [6, 6.07) is 16.4. The zero-order chi connectivity index (χ0) is 18.2. The van der Waals surface area contributed by atoms with Crippen molar-refractivity contribution in [3.63, 3.8) is 0 Å². The number of rotatable bonds is 3. The summed E-state index contributed by atoms with van der Waals surface area (Å²) in [6.07, 6.45) is 4.16. The van der Waals surface area contributed by atoms with Gasteiger partial charge >= 0.3 is 0 Å². The molecule has 4 heterocycles. The van der Waals surface area contributed by atoms with Crippen LogP contribution < -0.4 is 4.90 Å². The maximum atomic E-state index is 6.40. The van der Waals surface area contributed by atoms with Gasteiger partial charge in [0.05, 0.1) is 5.69 Å². The molecular weight excluding hydrogens is 358 g/mol. The molecule has 4 aromatic rings. The van der Waals surface area contributed by atoms with Crippen LogP contribution in [0.15, 0.2) is 60.9 Å². The highest BCUT2D eigenvalue weighted by molar-refractivity contribution is 6.34. The van der Waals surface area contributed by atoms with Crippen LogP contribution in [0.3, 0.4) is 0 Å². The van der Waals surface area contributed by atoms with E-state index in [1.54, 1.807) is 0 Å². The summed E-state index contributed by atoms with van der Waals surface area (Å²) in [4.78, 5) is 14.1. The minimum Gasteiger partial charge on any atom is -0.354 e. The third-order valence-electron chi connectivity index (χ3n) is 5.18. The first-order valence-electron chi connectivity index (χ1n) is 9.21. The third kappa shape index (κ3) is 3.24. The van der Waals surface area contributed by atoms with E-state index in [2.05, 4.69) is 37.5 Å². The van der Waals surface area contributed by atoms with Crippen LogP contribution in [0, 0.1) is 0 Å². The van der Waals surface area contributed by atoms with Gasteiger partial charge < -0.3 is 9.30 Å². The molecular formula is C21H20ClN5. The second-order valence-electron chi connectivity index (χ2n) is 6.95. The van der Waals surface area contributed by atoms with Gasteiger partial charge in [-0.05, 0) is 23.6 Å². The molecule has 3 aromatic heterocycles. The van der Waals surface area contributed by atoms with E-state index >= 15 is 0 Å². The Morgan fingerprint density at radius 3 is 2.59 bits per heavy atom. The largest absolute Gasteiger partial charge is 0.354 e. The molecule has 5 nitrogen and oxygen atoms in total. The third-order valence-corrected chi connectivity index (χ3v) is 5.46. The van der Waals surface area contributed by atoms with Gasteiger partial charge in [0.2, 0.25) is 0 Å². The highest BCUT2D eigenvalue weighted by Crippen LogP contribution is 2.27. The van der Waals surface area contributed by atoms with E-state index in [1.165, 1.54) is 0 Å². The first-order chi connectivity index (χ1) is 13.3. The minimum atomic E-state index is 0.579. The summed E-state index contributed by atoms with van der Waals surface area (Å²) in [5.41, 5.74) is 2.11. The van der Waals surface area contributed by atoms with Crippen molar-refractivity contribution in [2.45, 2.75) is 6.54 Å². The Kier molecular flexibility index (Phi) is 4.19. The minimum absolute atomic E-state index is 0.579. The molecule has 0 radical (unpaired) electrons. The van der Waals surface area contributed by atoms with E-state index in [0.29, 0.717) is 5.15 Å². The number of pyridine rings is 2. The van der Waals surface area contributed by atoms with Gasteiger partial charge in [-0.15, -0.1) is 0 Å². The number of aromatic nitrogens is 3. The van der Waals surface area contributed by atoms with E-state index in [1.807, 2.05) is 42.6 Å². The number of hydrogen-bond donors (Lipinski definition) is 0. The summed E-state index contributed by atoms with van der Waals surface area (Å²) in [7, 11) is 0. The van der Waals surface area contributed by atoms with E-state index in [4.69, 9.17) is 16.6 Å². The molecule has 1 aliphatic heterocycles. The summed E-state index contributed by atoms with van der Waals surface area (Å²) >= 11 is 6.40.